The number of amides is 3. The molecule has 1 aliphatic rings. The normalized spacial score (nSPS) is 16.6. The van der Waals surface area contributed by atoms with Crippen molar-refractivity contribution in [3.8, 4) is 0 Å². The number of rotatable bonds is 5. The monoisotopic (exact) mass is 366 g/mol. The fourth-order valence-corrected chi connectivity index (χ4v) is 2.92. The number of hydrogen-bond donors (Lipinski definition) is 2. The maximum absolute atomic E-state index is 12.8. The highest BCUT2D eigenvalue weighted by molar-refractivity contribution is 6.30. The van der Waals surface area contributed by atoms with Crippen molar-refractivity contribution in [1.29, 1.82) is 0 Å². The Morgan fingerprint density at radius 2 is 1.72 bits per heavy atom. The first kappa shape index (κ1) is 19.5. The van der Waals surface area contributed by atoms with Gasteiger partial charge in [-0.3, -0.25) is 4.79 Å². The van der Waals surface area contributed by atoms with E-state index in [9.17, 15) is 9.59 Å². The van der Waals surface area contributed by atoms with Crippen molar-refractivity contribution in [1.82, 2.24) is 15.1 Å². The van der Waals surface area contributed by atoms with Gasteiger partial charge in [-0.25, -0.2) is 4.79 Å². The first-order valence-electron chi connectivity index (χ1n) is 8.65. The Morgan fingerprint density at radius 3 is 2.28 bits per heavy atom. The summed E-state index contributed by atoms with van der Waals surface area (Å²) in [7, 11) is 2.05. The van der Waals surface area contributed by atoms with Gasteiger partial charge in [0.05, 0.1) is 0 Å². The van der Waals surface area contributed by atoms with Crippen LogP contribution in [0.15, 0.2) is 24.3 Å². The highest BCUT2D eigenvalue weighted by atomic mass is 35.5. The van der Waals surface area contributed by atoms with Crippen LogP contribution in [-0.2, 0) is 4.79 Å². The fraction of sp³-hybridized carbons (Fsp3) is 0.556. The second kappa shape index (κ2) is 9.06. The van der Waals surface area contributed by atoms with Crippen molar-refractivity contribution in [3.05, 3.63) is 29.3 Å². The molecule has 1 heterocycles. The molecule has 1 fully saturated rings. The predicted molar refractivity (Wildman–Crippen MR) is 101 cm³/mol. The molecule has 0 spiro atoms. The molecular weight excluding hydrogens is 340 g/mol. The maximum Gasteiger partial charge on any atom is 0.319 e. The molecule has 0 saturated carbocycles. The SMILES string of the molecule is CC(C)C[C@@H](NC(=O)Nc1ccc(Cl)cc1)C(=O)N1CCN(C)CC1. The van der Waals surface area contributed by atoms with E-state index in [0.717, 1.165) is 13.1 Å². The molecule has 1 saturated heterocycles. The number of benzene rings is 1. The van der Waals surface area contributed by atoms with Crippen LogP contribution in [0.4, 0.5) is 10.5 Å². The van der Waals surface area contributed by atoms with Gasteiger partial charge in [0.2, 0.25) is 5.91 Å². The van der Waals surface area contributed by atoms with Crippen LogP contribution in [0.25, 0.3) is 0 Å². The van der Waals surface area contributed by atoms with Crippen LogP contribution in [0.3, 0.4) is 0 Å². The first-order chi connectivity index (χ1) is 11.8. The largest absolute Gasteiger partial charge is 0.338 e. The van der Waals surface area contributed by atoms with Gasteiger partial charge >= 0.3 is 6.03 Å². The highest BCUT2D eigenvalue weighted by Crippen LogP contribution is 2.14. The molecule has 0 bridgehead atoms. The maximum atomic E-state index is 12.8. The zero-order valence-corrected chi connectivity index (χ0v) is 15.8. The lowest BCUT2D eigenvalue weighted by Gasteiger charge is -2.35. The van der Waals surface area contributed by atoms with Gasteiger partial charge in [-0.1, -0.05) is 25.4 Å². The minimum atomic E-state index is -0.518. The number of hydrogen-bond acceptors (Lipinski definition) is 3. The van der Waals surface area contributed by atoms with E-state index in [4.69, 9.17) is 11.6 Å². The number of carbonyl (C=O) groups is 2. The molecule has 138 valence electrons. The molecule has 25 heavy (non-hydrogen) atoms. The molecule has 0 radical (unpaired) electrons. The van der Waals surface area contributed by atoms with Gasteiger partial charge in [0, 0.05) is 36.9 Å². The van der Waals surface area contributed by atoms with Crippen molar-refractivity contribution < 1.29 is 9.59 Å². The molecule has 1 aliphatic heterocycles. The van der Waals surface area contributed by atoms with E-state index in [1.54, 1.807) is 24.3 Å². The summed E-state index contributed by atoms with van der Waals surface area (Å²) >= 11 is 5.85. The van der Waals surface area contributed by atoms with E-state index in [0.29, 0.717) is 36.1 Å². The number of piperazine rings is 1. The average molecular weight is 367 g/mol. The van der Waals surface area contributed by atoms with Gasteiger partial charge in [-0.2, -0.15) is 0 Å². The summed E-state index contributed by atoms with van der Waals surface area (Å²) in [6.45, 7) is 7.20. The number of halogens is 1. The van der Waals surface area contributed by atoms with E-state index in [1.807, 2.05) is 25.8 Å². The zero-order chi connectivity index (χ0) is 18.4. The molecule has 7 heteroatoms. The van der Waals surface area contributed by atoms with Crippen LogP contribution >= 0.6 is 11.6 Å². The third-order valence-corrected chi connectivity index (χ3v) is 4.48. The van der Waals surface area contributed by atoms with Gasteiger partial charge in [0.25, 0.3) is 0 Å². The molecule has 3 amide bonds. The van der Waals surface area contributed by atoms with E-state index >= 15 is 0 Å². The molecule has 0 unspecified atom stereocenters. The molecular formula is C18H27ClN4O2. The minimum Gasteiger partial charge on any atom is -0.338 e. The smallest absolute Gasteiger partial charge is 0.319 e. The van der Waals surface area contributed by atoms with Crippen LogP contribution in [0.1, 0.15) is 20.3 Å². The number of nitrogens with one attached hydrogen (secondary N) is 2. The Hall–Kier alpha value is -1.79. The third-order valence-electron chi connectivity index (χ3n) is 4.23. The second-order valence-electron chi connectivity index (χ2n) is 6.92. The van der Waals surface area contributed by atoms with Crippen molar-refractivity contribution in [2.45, 2.75) is 26.3 Å². The number of carbonyl (C=O) groups excluding carboxylic acids is 2. The molecule has 6 nitrogen and oxygen atoms in total. The van der Waals surface area contributed by atoms with Crippen molar-refractivity contribution in [3.63, 3.8) is 0 Å². The lowest BCUT2D eigenvalue weighted by molar-refractivity contribution is -0.135. The lowest BCUT2D eigenvalue weighted by Crippen LogP contribution is -2.55. The molecule has 1 aromatic carbocycles. The Bertz CT molecular complexity index is 583. The molecule has 2 N–H and O–H groups in total. The highest BCUT2D eigenvalue weighted by Gasteiger charge is 2.28. The Kier molecular flexibility index (Phi) is 7.08. The lowest BCUT2D eigenvalue weighted by atomic mass is 10.0. The quantitative estimate of drug-likeness (QED) is 0.842. The van der Waals surface area contributed by atoms with Crippen molar-refractivity contribution in [2.24, 2.45) is 5.92 Å². The molecule has 2 rings (SSSR count). The van der Waals surface area contributed by atoms with Gasteiger partial charge in [-0.15, -0.1) is 0 Å². The summed E-state index contributed by atoms with van der Waals surface area (Å²) in [6.07, 6.45) is 0.610. The Labute approximate surface area is 154 Å². The molecule has 1 aromatic rings. The number of nitrogens with zero attached hydrogens (tertiary/aromatic N) is 2. The van der Waals surface area contributed by atoms with Crippen LogP contribution < -0.4 is 10.6 Å². The predicted octanol–water partition coefficient (Wildman–Crippen LogP) is 2.65. The summed E-state index contributed by atoms with van der Waals surface area (Å²) in [4.78, 5) is 29.2. The first-order valence-corrected chi connectivity index (χ1v) is 9.03. The van der Waals surface area contributed by atoms with Gasteiger partial charge in [-0.05, 0) is 43.7 Å². The van der Waals surface area contributed by atoms with E-state index < -0.39 is 6.04 Å². The third kappa shape index (κ3) is 6.21. The summed E-state index contributed by atoms with van der Waals surface area (Å²) < 4.78 is 0. The van der Waals surface area contributed by atoms with Crippen molar-refractivity contribution >= 4 is 29.2 Å². The molecule has 0 aromatic heterocycles. The topological polar surface area (TPSA) is 64.7 Å². The van der Waals surface area contributed by atoms with Crippen LogP contribution in [-0.4, -0.2) is 61.0 Å². The fourth-order valence-electron chi connectivity index (χ4n) is 2.80. The van der Waals surface area contributed by atoms with Crippen LogP contribution in [0.2, 0.25) is 5.02 Å². The summed E-state index contributed by atoms with van der Waals surface area (Å²) in [6, 6.07) is 5.96. The zero-order valence-electron chi connectivity index (χ0n) is 15.1. The van der Waals surface area contributed by atoms with Gasteiger partial charge in [0.15, 0.2) is 0 Å². The average Bonchev–Trinajstić information content (AvgIpc) is 2.56. The Balaban J connectivity index is 1.97. The number of likely N-dealkylation sites (N-methyl/N-ethyl adjacent to an activating group) is 1. The van der Waals surface area contributed by atoms with Gasteiger partial charge in [0.1, 0.15) is 6.04 Å². The minimum absolute atomic E-state index is 0.00643. The summed E-state index contributed by atoms with van der Waals surface area (Å²) in [5.74, 6) is 0.297. The van der Waals surface area contributed by atoms with Crippen LogP contribution in [0.5, 0.6) is 0 Å². The summed E-state index contributed by atoms with van der Waals surface area (Å²) in [5, 5.41) is 6.19. The standard InChI is InChI=1S/C18H27ClN4O2/c1-13(2)12-16(17(24)23-10-8-22(3)9-11-23)21-18(25)20-15-6-4-14(19)5-7-15/h4-7,13,16H,8-12H2,1-3H3,(H2,20,21,25)/t16-/m1/s1. The number of urea groups is 1. The summed E-state index contributed by atoms with van der Waals surface area (Å²) in [5.41, 5.74) is 0.636. The molecule has 0 aliphatic carbocycles. The van der Waals surface area contributed by atoms with E-state index in [-0.39, 0.29) is 11.9 Å². The molecule has 1 atom stereocenters. The van der Waals surface area contributed by atoms with Crippen LogP contribution in [0, 0.1) is 5.92 Å². The second-order valence-corrected chi connectivity index (χ2v) is 7.35. The van der Waals surface area contributed by atoms with Crippen molar-refractivity contribution in [2.75, 3.05) is 38.5 Å². The number of anilines is 1. The van der Waals surface area contributed by atoms with E-state index in [2.05, 4.69) is 15.5 Å². The Morgan fingerprint density at radius 1 is 1.12 bits per heavy atom. The van der Waals surface area contributed by atoms with Gasteiger partial charge < -0.3 is 20.4 Å². The van der Waals surface area contributed by atoms with E-state index in [1.165, 1.54) is 0 Å².